The van der Waals surface area contributed by atoms with E-state index in [1.54, 1.807) is 11.3 Å². The van der Waals surface area contributed by atoms with Crippen LogP contribution >= 0.6 is 11.3 Å². The van der Waals surface area contributed by atoms with Crippen LogP contribution in [0, 0.1) is 0 Å². The Balaban J connectivity index is 2.18. The summed E-state index contributed by atoms with van der Waals surface area (Å²) in [5.41, 5.74) is 6.90. The first-order chi connectivity index (χ1) is 8.13. The zero-order chi connectivity index (χ0) is 12.4. The third kappa shape index (κ3) is 2.78. The van der Waals surface area contributed by atoms with Crippen molar-refractivity contribution in [2.45, 2.75) is 45.9 Å². The maximum atomic E-state index is 5.75. The SMILES string of the molecule is CCc1nc(N2CC(C)OC(C)C2)sc1CN. The molecule has 0 spiro atoms. The first-order valence-corrected chi connectivity index (χ1v) is 7.04. The number of nitrogens with zero attached hydrogens (tertiary/aromatic N) is 2. The van der Waals surface area contributed by atoms with Gasteiger partial charge >= 0.3 is 0 Å². The second-order valence-corrected chi connectivity index (χ2v) is 5.65. The van der Waals surface area contributed by atoms with E-state index in [9.17, 15) is 0 Å². The summed E-state index contributed by atoms with van der Waals surface area (Å²) in [6.07, 6.45) is 1.50. The van der Waals surface area contributed by atoms with Gasteiger partial charge < -0.3 is 15.4 Å². The molecule has 0 bridgehead atoms. The van der Waals surface area contributed by atoms with Gasteiger partial charge in [0, 0.05) is 24.5 Å². The van der Waals surface area contributed by atoms with Crippen LogP contribution in [-0.4, -0.2) is 30.3 Å². The minimum atomic E-state index is 0.272. The molecular formula is C12H21N3OS. The molecule has 17 heavy (non-hydrogen) atoms. The number of aryl methyl sites for hydroxylation is 1. The highest BCUT2D eigenvalue weighted by molar-refractivity contribution is 7.15. The van der Waals surface area contributed by atoms with Gasteiger partial charge in [-0.3, -0.25) is 0 Å². The van der Waals surface area contributed by atoms with Crippen LogP contribution in [0.2, 0.25) is 0 Å². The lowest BCUT2D eigenvalue weighted by molar-refractivity contribution is -0.00523. The minimum Gasteiger partial charge on any atom is -0.372 e. The maximum absolute atomic E-state index is 5.75. The number of ether oxygens (including phenoxy) is 1. The lowest BCUT2D eigenvalue weighted by Crippen LogP contribution is -2.45. The molecule has 0 radical (unpaired) electrons. The van der Waals surface area contributed by atoms with Crippen molar-refractivity contribution in [3.63, 3.8) is 0 Å². The fraction of sp³-hybridized carbons (Fsp3) is 0.750. The third-order valence-corrected chi connectivity index (χ3v) is 4.16. The van der Waals surface area contributed by atoms with Crippen molar-refractivity contribution >= 4 is 16.5 Å². The molecule has 2 heterocycles. The van der Waals surface area contributed by atoms with Crippen molar-refractivity contribution in [3.05, 3.63) is 10.6 Å². The van der Waals surface area contributed by atoms with E-state index in [2.05, 4.69) is 25.7 Å². The first kappa shape index (κ1) is 12.8. The Labute approximate surface area is 107 Å². The van der Waals surface area contributed by atoms with Crippen molar-refractivity contribution in [2.24, 2.45) is 5.73 Å². The zero-order valence-corrected chi connectivity index (χ0v) is 11.6. The molecular weight excluding hydrogens is 234 g/mol. The van der Waals surface area contributed by atoms with Crippen LogP contribution in [0.4, 0.5) is 5.13 Å². The van der Waals surface area contributed by atoms with Gasteiger partial charge in [-0.1, -0.05) is 6.92 Å². The van der Waals surface area contributed by atoms with Gasteiger partial charge in [0.1, 0.15) is 0 Å². The Morgan fingerprint density at radius 3 is 2.53 bits per heavy atom. The Kier molecular flexibility index (Phi) is 4.01. The molecule has 0 aliphatic carbocycles. The summed E-state index contributed by atoms with van der Waals surface area (Å²) in [6.45, 7) is 8.79. The Morgan fingerprint density at radius 1 is 1.41 bits per heavy atom. The summed E-state index contributed by atoms with van der Waals surface area (Å²) in [5.74, 6) is 0. The van der Waals surface area contributed by atoms with E-state index in [4.69, 9.17) is 15.5 Å². The zero-order valence-electron chi connectivity index (χ0n) is 10.8. The Hall–Kier alpha value is -0.650. The largest absolute Gasteiger partial charge is 0.372 e. The molecule has 1 aliphatic heterocycles. The lowest BCUT2D eigenvalue weighted by atomic mass is 10.2. The number of hydrogen-bond donors (Lipinski definition) is 1. The summed E-state index contributed by atoms with van der Waals surface area (Å²) in [4.78, 5) is 8.24. The average molecular weight is 255 g/mol. The van der Waals surface area contributed by atoms with Crippen molar-refractivity contribution in [1.29, 1.82) is 0 Å². The van der Waals surface area contributed by atoms with Gasteiger partial charge in [-0.15, -0.1) is 11.3 Å². The van der Waals surface area contributed by atoms with Gasteiger partial charge in [0.05, 0.1) is 17.9 Å². The molecule has 1 fully saturated rings. The highest BCUT2D eigenvalue weighted by Crippen LogP contribution is 2.28. The molecule has 1 aliphatic rings. The van der Waals surface area contributed by atoms with E-state index < -0.39 is 0 Å². The highest BCUT2D eigenvalue weighted by Gasteiger charge is 2.25. The second-order valence-electron chi connectivity index (χ2n) is 4.59. The molecule has 1 aromatic heterocycles. The second kappa shape index (κ2) is 5.33. The molecule has 2 rings (SSSR count). The fourth-order valence-electron chi connectivity index (χ4n) is 2.27. The molecule has 1 aromatic rings. The summed E-state index contributed by atoms with van der Waals surface area (Å²) < 4.78 is 5.74. The third-order valence-electron chi connectivity index (χ3n) is 2.98. The molecule has 5 heteroatoms. The van der Waals surface area contributed by atoms with E-state index in [-0.39, 0.29) is 12.2 Å². The molecule has 2 atom stereocenters. The van der Waals surface area contributed by atoms with Gasteiger partial charge in [-0.05, 0) is 20.3 Å². The van der Waals surface area contributed by atoms with E-state index in [0.29, 0.717) is 6.54 Å². The molecule has 1 saturated heterocycles. The maximum Gasteiger partial charge on any atom is 0.186 e. The van der Waals surface area contributed by atoms with Crippen molar-refractivity contribution in [2.75, 3.05) is 18.0 Å². The topological polar surface area (TPSA) is 51.4 Å². The van der Waals surface area contributed by atoms with Gasteiger partial charge in [0.15, 0.2) is 5.13 Å². The van der Waals surface area contributed by atoms with Crippen LogP contribution in [0.25, 0.3) is 0 Å². The van der Waals surface area contributed by atoms with Crippen molar-refractivity contribution in [3.8, 4) is 0 Å². The monoisotopic (exact) mass is 255 g/mol. The Bertz CT molecular complexity index is 348. The lowest BCUT2D eigenvalue weighted by Gasteiger charge is -2.35. The van der Waals surface area contributed by atoms with Crippen LogP contribution < -0.4 is 10.6 Å². The van der Waals surface area contributed by atoms with Crippen LogP contribution in [0.3, 0.4) is 0 Å². The van der Waals surface area contributed by atoms with Gasteiger partial charge in [0.2, 0.25) is 0 Å². The van der Waals surface area contributed by atoms with Crippen molar-refractivity contribution < 1.29 is 4.74 Å². The predicted molar refractivity (Wildman–Crippen MR) is 71.6 cm³/mol. The van der Waals surface area contributed by atoms with Gasteiger partial charge in [-0.25, -0.2) is 4.98 Å². The molecule has 0 amide bonds. The number of rotatable bonds is 3. The van der Waals surface area contributed by atoms with Gasteiger partial charge in [0.25, 0.3) is 0 Å². The standard InChI is InChI=1S/C12H21N3OS/c1-4-10-11(5-13)17-12(14-10)15-6-8(2)16-9(3)7-15/h8-9H,4-7,13H2,1-3H3. The molecule has 4 nitrogen and oxygen atoms in total. The minimum absolute atomic E-state index is 0.272. The number of aromatic nitrogens is 1. The summed E-state index contributed by atoms with van der Waals surface area (Å²) in [6, 6.07) is 0. The number of nitrogens with two attached hydrogens (primary N) is 1. The number of anilines is 1. The molecule has 0 saturated carbocycles. The normalized spacial score (nSPS) is 25.3. The number of morpholine rings is 1. The number of thiazole rings is 1. The van der Waals surface area contributed by atoms with E-state index in [0.717, 1.165) is 30.3 Å². The Morgan fingerprint density at radius 2 is 2.06 bits per heavy atom. The molecule has 2 N–H and O–H groups in total. The predicted octanol–water partition coefficient (Wildman–Crippen LogP) is 1.78. The fourth-order valence-corrected chi connectivity index (χ4v) is 3.32. The van der Waals surface area contributed by atoms with Crippen LogP contribution in [-0.2, 0) is 17.7 Å². The van der Waals surface area contributed by atoms with E-state index in [1.165, 1.54) is 4.88 Å². The molecule has 0 aromatic carbocycles. The molecule has 96 valence electrons. The summed E-state index contributed by atoms with van der Waals surface area (Å²) in [7, 11) is 0. The van der Waals surface area contributed by atoms with Crippen LogP contribution in [0.15, 0.2) is 0 Å². The van der Waals surface area contributed by atoms with E-state index in [1.807, 2.05) is 0 Å². The molecule has 2 unspecified atom stereocenters. The smallest absolute Gasteiger partial charge is 0.186 e. The summed E-state index contributed by atoms with van der Waals surface area (Å²) in [5, 5.41) is 1.10. The quantitative estimate of drug-likeness (QED) is 0.894. The average Bonchev–Trinajstić information content (AvgIpc) is 2.70. The van der Waals surface area contributed by atoms with Crippen molar-refractivity contribution in [1.82, 2.24) is 4.98 Å². The number of hydrogen-bond acceptors (Lipinski definition) is 5. The highest BCUT2D eigenvalue weighted by atomic mass is 32.1. The van der Waals surface area contributed by atoms with E-state index >= 15 is 0 Å². The van der Waals surface area contributed by atoms with Crippen LogP contribution in [0.1, 0.15) is 31.3 Å². The van der Waals surface area contributed by atoms with Crippen LogP contribution in [0.5, 0.6) is 0 Å². The summed E-state index contributed by atoms with van der Waals surface area (Å²) >= 11 is 1.73. The van der Waals surface area contributed by atoms with Gasteiger partial charge in [-0.2, -0.15) is 0 Å². The first-order valence-electron chi connectivity index (χ1n) is 6.23.